The second kappa shape index (κ2) is 6.75. The van der Waals surface area contributed by atoms with E-state index in [2.05, 4.69) is 5.32 Å². The van der Waals surface area contributed by atoms with Gasteiger partial charge < -0.3 is 15.0 Å². The highest BCUT2D eigenvalue weighted by Gasteiger charge is 2.28. The number of amides is 1. The third kappa shape index (κ3) is 3.51. The molecule has 0 spiro atoms. The lowest BCUT2D eigenvalue weighted by molar-refractivity contribution is 0.0898. The number of rotatable bonds is 5. The largest absolute Gasteiger partial charge is 0.384 e. The smallest absolute Gasteiger partial charge is 0.251 e. The van der Waals surface area contributed by atoms with E-state index >= 15 is 0 Å². The Balaban J connectivity index is 2.02. The van der Waals surface area contributed by atoms with Gasteiger partial charge in [-0.05, 0) is 31.0 Å². The zero-order chi connectivity index (χ0) is 14.5. The van der Waals surface area contributed by atoms with Gasteiger partial charge in [0.25, 0.3) is 5.91 Å². The fourth-order valence-corrected chi connectivity index (χ4v) is 2.82. The molecule has 20 heavy (non-hydrogen) atoms. The summed E-state index contributed by atoms with van der Waals surface area (Å²) in [7, 11) is 5.67. The van der Waals surface area contributed by atoms with Crippen molar-refractivity contribution in [2.45, 2.75) is 25.3 Å². The van der Waals surface area contributed by atoms with Crippen LogP contribution >= 0.6 is 0 Å². The van der Waals surface area contributed by atoms with Gasteiger partial charge in [0.05, 0.1) is 6.61 Å². The highest BCUT2D eigenvalue weighted by Crippen LogP contribution is 2.26. The molecule has 1 amide bonds. The second-order valence-corrected chi connectivity index (χ2v) is 5.67. The summed E-state index contributed by atoms with van der Waals surface area (Å²) >= 11 is 0. The summed E-state index contributed by atoms with van der Waals surface area (Å²) in [6.45, 7) is 0.725. The third-order valence-corrected chi connectivity index (χ3v) is 3.98. The minimum atomic E-state index is 0.0155. The molecular formula is C16H24N2O2. The SMILES string of the molecule is COC[C@@H]1CCC[C@@H]1NC(=O)c1cccc(N(C)C)c1. The summed E-state index contributed by atoms with van der Waals surface area (Å²) in [4.78, 5) is 14.4. The van der Waals surface area contributed by atoms with Gasteiger partial charge in [-0.2, -0.15) is 0 Å². The van der Waals surface area contributed by atoms with E-state index in [1.807, 2.05) is 43.3 Å². The number of carbonyl (C=O) groups excluding carboxylic acids is 1. The van der Waals surface area contributed by atoms with E-state index in [4.69, 9.17) is 4.74 Å². The molecule has 0 aromatic heterocycles. The summed E-state index contributed by atoms with van der Waals surface area (Å²) in [6, 6.07) is 7.95. The van der Waals surface area contributed by atoms with Crippen LogP contribution in [-0.2, 0) is 4.74 Å². The zero-order valence-corrected chi connectivity index (χ0v) is 12.6. The van der Waals surface area contributed by atoms with Crippen LogP contribution in [0, 0.1) is 5.92 Å². The van der Waals surface area contributed by atoms with Crippen molar-refractivity contribution in [1.82, 2.24) is 5.32 Å². The lowest BCUT2D eigenvalue weighted by Gasteiger charge is -2.21. The summed E-state index contributed by atoms with van der Waals surface area (Å²) in [6.07, 6.45) is 3.35. The molecule has 1 aliphatic rings. The van der Waals surface area contributed by atoms with E-state index < -0.39 is 0 Å². The van der Waals surface area contributed by atoms with Gasteiger partial charge in [-0.25, -0.2) is 0 Å². The van der Waals surface area contributed by atoms with Gasteiger partial charge in [0.1, 0.15) is 0 Å². The minimum absolute atomic E-state index is 0.0155. The van der Waals surface area contributed by atoms with Crippen LogP contribution in [0.15, 0.2) is 24.3 Å². The molecule has 2 rings (SSSR count). The Hall–Kier alpha value is -1.55. The first-order valence-corrected chi connectivity index (χ1v) is 7.19. The Bertz CT molecular complexity index is 460. The number of carbonyl (C=O) groups is 1. The number of methoxy groups -OCH3 is 1. The lowest BCUT2D eigenvalue weighted by Crippen LogP contribution is -2.38. The van der Waals surface area contributed by atoms with Crippen LogP contribution in [0.25, 0.3) is 0 Å². The number of benzene rings is 1. The van der Waals surface area contributed by atoms with Crippen LogP contribution in [0.2, 0.25) is 0 Å². The fourth-order valence-electron chi connectivity index (χ4n) is 2.82. The van der Waals surface area contributed by atoms with Crippen LogP contribution in [0.1, 0.15) is 29.6 Å². The first kappa shape index (κ1) is 14.9. The molecule has 1 fully saturated rings. The van der Waals surface area contributed by atoms with E-state index in [1.54, 1.807) is 7.11 Å². The molecule has 0 bridgehead atoms. The molecule has 4 heteroatoms. The second-order valence-electron chi connectivity index (χ2n) is 5.67. The molecule has 1 N–H and O–H groups in total. The van der Waals surface area contributed by atoms with Gasteiger partial charge in [-0.3, -0.25) is 4.79 Å². The summed E-state index contributed by atoms with van der Waals surface area (Å²) in [5, 5.41) is 3.16. The predicted octanol–water partition coefficient (Wildman–Crippen LogP) is 2.30. The third-order valence-electron chi connectivity index (χ3n) is 3.98. The van der Waals surface area contributed by atoms with Crippen molar-refractivity contribution in [3.05, 3.63) is 29.8 Å². The standard InChI is InChI=1S/C16H24N2O2/c1-18(2)14-8-4-6-12(10-14)16(19)17-15-9-5-7-13(15)11-20-3/h4,6,8,10,13,15H,5,7,9,11H2,1-3H3,(H,17,19)/t13-,15-/m0/s1. The van der Waals surface area contributed by atoms with E-state index in [1.165, 1.54) is 0 Å². The Morgan fingerprint density at radius 2 is 2.20 bits per heavy atom. The number of anilines is 1. The number of nitrogens with zero attached hydrogens (tertiary/aromatic N) is 1. The van der Waals surface area contributed by atoms with Gasteiger partial charge in [0.15, 0.2) is 0 Å². The highest BCUT2D eigenvalue weighted by molar-refractivity contribution is 5.95. The van der Waals surface area contributed by atoms with Crippen LogP contribution in [0.4, 0.5) is 5.69 Å². The highest BCUT2D eigenvalue weighted by atomic mass is 16.5. The van der Waals surface area contributed by atoms with Crippen molar-refractivity contribution in [1.29, 1.82) is 0 Å². The van der Waals surface area contributed by atoms with Crippen molar-refractivity contribution < 1.29 is 9.53 Å². The lowest BCUT2D eigenvalue weighted by atomic mass is 10.0. The number of hydrogen-bond acceptors (Lipinski definition) is 3. The van der Waals surface area contributed by atoms with E-state index in [0.29, 0.717) is 5.92 Å². The normalized spacial score (nSPS) is 21.8. The van der Waals surface area contributed by atoms with E-state index in [0.717, 1.165) is 37.1 Å². The Morgan fingerprint density at radius 3 is 2.90 bits per heavy atom. The van der Waals surface area contributed by atoms with Crippen LogP contribution in [0.5, 0.6) is 0 Å². The van der Waals surface area contributed by atoms with E-state index in [9.17, 15) is 4.79 Å². The average molecular weight is 276 g/mol. The molecule has 0 saturated heterocycles. The molecule has 4 nitrogen and oxygen atoms in total. The van der Waals surface area contributed by atoms with Gasteiger partial charge >= 0.3 is 0 Å². The Kier molecular flexibility index (Phi) is 5.01. The first-order chi connectivity index (χ1) is 9.61. The van der Waals surface area contributed by atoms with Gasteiger partial charge in [-0.1, -0.05) is 12.5 Å². The van der Waals surface area contributed by atoms with Gasteiger partial charge in [-0.15, -0.1) is 0 Å². The molecule has 110 valence electrons. The number of hydrogen-bond donors (Lipinski definition) is 1. The molecule has 0 unspecified atom stereocenters. The Morgan fingerprint density at radius 1 is 1.40 bits per heavy atom. The number of ether oxygens (including phenoxy) is 1. The quantitative estimate of drug-likeness (QED) is 0.897. The molecular weight excluding hydrogens is 252 g/mol. The molecule has 0 heterocycles. The first-order valence-electron chi connectivity index (χ1n) is 7.19. The predicted molar refractivity (Wildman–Crippen MR) is 81.2 cm³/mol. The summed E-state index contributed by atoms with van der Waals surface area (Å²) in [5.41, 5.74) is 1.76. The molecule has 1 aromatic rings. The van der Waals surface area contributed by atoms with Gasteiger partial charge in [0, 0.05) is 44.4 Å². The molecule has 2 atom stereocenters. The van der Waals surface area contributed by atoms with Crippen molar-refractivity contribution >= 4 is 11.6 Å². The zero-order valence-electron chi connectivity index (χ0n) is 12.6. The van der Waals surface area contributed by atoms with Crippen molar-refractivity contribution in [3.63, 3.8) is 0 Å². The van der Waals surface area contributed by atoms with Crippen LogP contribution < -0.4 is 10.2 Å². The number of nitrogens with one attached hydrogen (secondary N) is 1. The van der Waals surface area contributed by atoms with Crippen LogP contribution in [0.3, 0.4) is 0 Å². The van der Waals surface area contributed by atoms with Crippen LogP contribution in [-0.4, -0.2) is 39.8 Å². The van der Waals surface area contributed by atoms with Crippen molar-refractivity contribution in [2.24, 2.45) is 5.92 Å². The summed E-state index contributed by atoms with van der Waals surface area (Å²) in [5.74, 6) is 0.461. The van der Waals surface area contributed by atoms with E-state index in [-0.39, 0.29) is 11.9 Å². The molecule has 1 aromatic carbocycles. The maximum Gasteiger partial charge on any atom is 0.251 e. The van der Waals surface area contributed by atoms with Crippen molar-refractivity contribution in [2.75, 3.05) is 32.7 Å². The maximum atomic E-state index is 12.4. The molecule has 0 aliphatic heterocycles. The fraction of sp³-hybridized carbons (Fsp3) is 0.562. The van der Waals surface area contributed by atoms with Gasteiger partial charge in [0.2, 0.25) is 0 Å². The summed E-state index contributed by atoms with van der Waals surface area (Å²) < 4.78 is 5.24. The topological polar surface area (TPSA) is 41.6 Å². The maximum absolute atomic E-state index is 12.4. The molecule has 0 radical (unpaired) electrons. The Labute approximate surface area is 121 Å². The molecule has 1 saturated carbocycles. The molecule has 1 aliphatic carbocycles. The average Bonchev–Trinajstić information content (AvgIpc) is 2.86. The monoisotopic (exact) mass is 276 g/mol. The van der Waals surface area contributed by atoms with Crippen molar-refractivity contribution in [3.8, 4) is 0 Å². The minimum Gasteiger partial charge on any atom is -0.384 e.